The molecule has 0 aliphatic heterocycles. The highest BCUT2D eigenvalue weighted by molar-refractivity contribution is 5.68. The molecule has 0 fully saturated rings. The van der Waals surface area contributed by atoms with Gasteiger partial charge >= 0.3 is 6.09 Å². The summed E-state index contributed by atoms with van der Waals surface area (Å²) >= 11 is 0. The molecule has 0 spiro atoms. The van der Waals surface area contributed by atoms with Gasteiger partial charge in [-0.25, -0.2) is 9.78 Å². The van der Waals surface area contributed by atoms with Gasteiger partial charge in [-0.15, -0.1) is 0 Å². The highest BCUT2D eigenvalue weighted by Crippen LogP contribution is 2.18. The molecular formula is C25H31N3O3. The van der Waals surface area contributed by atoms with E-state index < -0.39 is 5.60 Å². The van der Waals surface area contributed by atoms with E-state index in [9.17, 15) is 9.90 Å². The molecule has 0 radical (unpaired) electrons. The Morgan fingerprint density at radius 3 is 2.39 bits per heavy atom. The normalized spacial score (nSPS) is 11.4. The van der Waals surface area contributed by atoms with Crippen molar-refractivity contribution in [3.8, 4) is 11.6 Å². The molecule has 164 valence electrons. The van der Waals surface area contributed by atoms with Crippen LogP contribution in [0.5, 0.6) is 5.75 Å². The Hall–Kier alpha value is -3.28. The number of aromatic nitrogens is 2. The summed E-state index contributed by atoms with van der Waals surface area (Å²) in [6.45, 7) is 10.5. The van der Waals surface area contributed by atoms with E-state index in [2.05, 4.69) is 30.5 Å². The summed E-state index contributed by atoms with van der Waals surface area (Å²) < 4.78 is 7.72. The zero-order chi connectivity index (χ0) is 22.6. The van der Waals surface area contributed by atoms with Gasteiger partial charge in [-0.3, -0.25) is 0 Å². The van der Waals surface area contributed by atoms with E-state index in [4.69, 9.17) is 9.72 Å². The van der Waals surface area contributed by atoms with E-state index >= 15 is 0 Å². The van der Waals surface area contributed by atoms with E-state index in [0.717, 1.165) is 28.5 Å². The summed E-state index contributed by atoms with van der Waals surface area (Å²) in [7, 11) is 0. The second-order valence-electron chi connectivity index (χ2n) is 8.76. The van der Waals surface area contributed by atoms with E-state index in [1.165, 1.54) is 0 Å². The van der Waals surface area contributed by atoms with Gasteiger partial charge in [0.1, 0.15) is 17.2 Å². The van der Waals surface area contributed by atoms with E-state index in [1.54, 1.807) is 23.1 Å². The van der Waals surface area contributed by atoms with Crippen LogP contribution in [0, 0.1) is 13.8 Å². The fourth-order valence-corrected chi connectivity index (χ4v) is 3.45. The second-order valence-corrected chi connectivity index (χ2v) is 8.76. The Morgan fingerprint density at radius 2 is 1.74 bits per heavy atom. The monoisotopic (exact) mass is 421 g/mol. The van der Waals surface area contributed by atoms with Crippen molar-refractivity contribution in [2.24, 2.45) is 0 Å². The molecule has 2 aromatic heterocycles. The number of rotatable bonds is 6. The number of hydrogen-bond donors (Lipinski definition) is 1. The van der Waals surface area contributed by atoms with Crippen molar-refractivity contribution in [3.63, 3.8) is 0 Å². The quantitative estimate of drug-likeness (QED) is 0.596. The van der Waals surface area contributed by atoms with Gasteiger partial charge in [0.05, 0.1) is 0 Å². The summed E-state index contributed by atoms with van der Waals surface area (Å²) in [5, 5.41) is 9.78. The minimum absolute atomic E-state index is 0.175. The lowest BCUT2D eigenvalue weighted by molar-refractivity contribution is 0.0235. The van der Waals surface area contributed by atoms with Crippen molar-refractivity contribution in [2.75, 3.05) is 6.54 Å². The third kappa shape index (κ3) is 6.10. The van der Waals surface area contributed by atoms with Crippen molar-refractivity contribution in [1.82, 2.24) is 14.5 Å². The SMILES string of the molecule is Cc1ccc(C)n1-c1cccc(CCN(Cc2cccc(O)c2)C(=O)OC(C)(C)C)n1. The first kappa shape index (κ1) is 22.4. The molecule has 0 aliphatic rings. The van der Waals surface area contributed by atoms with Gasteiger partial charge in [-0.1, -0.05) is 18.2 Å². The number of ether oxygens (including phenoxy) is 1. The van der Waals surface area contributed by atoms with Crippen LogP contribution < -0.4 is 0 Å². The topological polar surface area (TPSA) is 67.6 Å². The molecule has 0 unspecified atom stereocenters. The number of pyridine rings is 1. The van der Waals surface area contributed by atoms with Crippen LogP contribution in [0.15, 0.2) is 54.6 Å². The van der Waals surface area contributed by atoms with Crippen LogP contribution in [-0.4, -0.2) is 37.8 Å². The molecule has 0 saturated heterocycles. The zero-order valence-corrected chi connectivity index (χ0v) is 18.9. The number of carbonyl (C=O) groups is 1. The largest absolute Gasteiger partial charge is 0.508 e. The maximum atomic E-state index is 12.8. The molecule has 31 heavy (non-hydrogen) atoms. The fourth-order valence-electron chi connectivity index (χ4n) is 3.45. The van der Waals surface area contributed by atoms with Gasteiger partial charge in [0.25, 0.3) is 0 Å². The van der Waals surface area contributed by atoms with Gasteiger partial charge in [0, 0.05) is 36.6 Å². The highest BCUT2D eigenvalue weighted by Gasteiger charge is 2.22. The average molecular weight is 422 g/mol. The van der Waals surface area contributed by atoms with Crippen LogP contribution in [0.25, 0.3) is 5.82 Å². The van der Waals surface area contributed by atoms with Crippen LogP contribution in [0.3, 0.4) is 0 Å². The first-order chi connectivity index (χ1) is 14.6. The Morgan fingerprint density at radius 1 is 1.06 bits per heavy atom. The van der Waals surface area contributed by atoms with Gasteiger partial charge in [-0.2, -0.15) is 0 Å². The zero-order valence-electron chi connectivity index (χ0n) is 18.9. The number of hydrogen-bond acceptors (Lipinski definition) is 4. The van der Waals surface area contributed by atoms with Crippen LogP contribution in [-0.2, 0) is 17.7 Å². The van der Waals surface area contributed by atoms with E-state index in [-0.39, 0.29) is 11.8 Å². The Bertz CT molecular complexity index is 1030. The molecule has 0 atom stereocenters. The molecule has 2 heterocycles. The number of nitrogens with zero attached hydrogens (tertiary/aromatic N) is 3. The number of phenols is 1. The van der Waals surface area contributed by atoms with Crippen LogP contribution in [0.1, 0.15) is 43.4 Å². The number of benzene rings is 1. The Balaban J connectivity index is 1.78. The summed E-state index contributed by atoms with van der Waals surface area (Å²) in [4.78, 5) is 19.3. The van der Waals surface area contributed by atoms with Crippen molar-refractivity contribution >= 4 is 6.09 Å². The summed E-state index contributed by atoms with van der Waals surface area (Å²) in [6, 6.07) is 17.0. The number of amides is 1. The molecule has 1 aromatic carbocycles. The average Bonchev–Trinajstić information content (AvgIpc) is 3.02. The standard InChI is InChI=1S/C25H31N3O3/c1-18-12-13-19(2)28(18)23-11-7-9-21(26-23)14-15-27(24(30)31-25(3,4)5)17-20-8-6-10-22(29)16-20/h6-13,16,29H,14-15,17H2,1-5H3. The first-order valence-electron chi connectivity index (χ1n) is 10.5. The number of carbonyl (C=O) groups excluding carboxylic acids is 1. The predicted molar refractivity (Wildman–Crippen MR) is 121 cm³/mol. The van der Waals surface area contributed by atoms with Crippen LogP contribution in [0.4, 0.5) is 4.79 Å². The number of aromatic hydroxyl groups is 1. The van der Waals surface area contributed by atoms with Crippen LogP contribution >= 0.6 is 0 Å². The summed E-state index contributed by atoms with van der Waals surface area (Å²) in [5.41, 5.74) is 3.40. The molecule has 6 nitrogen and oxygen atoms in total. The van der Waals surface area contributed by atoms with Crippen molar-refractivity contribution in [3.05, 3.63) is 77.2 Å². The van der Waals surface area contributed by atoms with Gasteiger partial charge in [0.15, 0.2) is 0 Å². The molecule has 3 aromatic rings. The lowest BCUT2D eigenvalue weighted by Crippen LogP contribution is -2.37. The third-order valence-corrected chi connectivity index (χ3v) is 4.87. The molecule has 6 heteroatoms. The smallest absolute Gasteiger partial charge is 0.410 e. The van der Waals surface area contributed by atoms with Crippen molar-refractivity contribution in [1.29, 1.82) is 0 Å². The fraction of sp³-hybridized carbons (Fsp3) is 0.360. The Labute approximate surface area is 184 Å². The highest BCUT2D eigenvalue weighted by atomic mass is 16.6. The third-order valence-electron chi connectivity index (χ3n) is 4.87. The minimum atomic E-state index is -0.587. The molecule has 0 bridgehead atoms. The molecule has 1 amide bonds. The summed E-state index contributed by atoms with van der Waals surface area (Å²) in [6.07, 6.45) is 0.203. The second kappa shape index (κ2) is 9.25. The maximum Gasteiger partial charge on any atom is 0.410 e. The molecule has 1 N–H and O–H groups in total. The summed E-state index contributed by atoms with van der Waals surface area (Å²) in [5.74, 6) is 1.04. The first-order valence-corrected chi connectivity index (χ1v) is 10.5. The Kier molecular flexibility index (Phi) is 6.68. The van der Waals surface area contributed by atoms with Gasteiger partial charge < -0.3 is 19.3 Å². The molecule has 0 saturated carbocycles. The number of aryl methyl sites for hydroxylation is 2. The molecule has 0 aliphatic carbocycles. The van der Waals surface area contributed by atoms with Crippen LogP contribution in [0.2, 0.25) is 0 Å². The van der Waals surface area contributed by atoms with E-state index in [1.807, 2.05) is 45.0 Å². The lowest BCUT2D eigenvalue weighted by atomic mass is 10.2. The van der Waals surface area contributed by atoms with Gasteiger partial charge in [0.2, 0.25) is 0 Å². The maximum absolute atomic E-state index is 12.8. The van der Waals surface area contributed by atoms with Crippen molar-refractivity contribution in [2.45, 2.75) is 53.2 Å². The minimum Gasteiger partial charge on any atom is -0.508 e. The number of phenolic OH excluding ortho intramolecular Hbond substituents is 1. The molecular weight excluding hydrogens is 390 g/mol. The predicted octanol–water partition coefficient (Wildman–Crippen LogP) is 5.17. The van der Waals surface area contributed by atoms with Crippen molar-refractivity contribution < 1.29 is 14.6 Å². The lowest BCUT2D eigenvalue weighted by Gasteiger charge is -2.27. The molecule has 3 rings (SSSR count). The van der Waals surface area contributed by atoms with E-state index in [0.29, 0.717) is 19.5 Å². The van der Waals surface area contributed by atoms with Gasteiger partial charge in [-0.05, 0) is 76.6 Å².